The van der Waals surface area contributed by atoms with Crippen molar-refractivity contribution in [3.63, 3.8) is 0 Å². The summed E-state index contributed by atoms with van der Waals surface area (Å²) in [6, 6.07) is 8.83. The Morgan fingerprint density at radius 2 is 2.12 bits per heavy atom. The third kappa shape index (κ3) is 2.51. The van der Waals surface area contributed by atoms with E-state index in [1.165, 1.54) is 10.9 Å². The Labute approximate surface area is 106 Å². The summed E-state index contributed by atoms with van der Waals surface area (Å²) in [6.45, 7) is 0.845. The normalized spacial score (nSPS) is 10.7. The highest BCUT2D eigenvalue weighted by Gasteiger charge is 2.07. The number of halogens is 2. The van der Waals surface area contributed by atoms with Crippen LogP contribution in [0.2, 0.25) is 0 Å². The van der Waals surface area contributed by atoms with Crippen molar-refractivity contribution in [3.8, 4) is 10.4 Å². The lowest BCUT2D eigenvalue weighted by Crippen LogP contribution is -2.02. The fourth-order valence-electron chi connectivity index (χ4n) is 1.48. The van der Waals surface area contributed by atoms with Crippen molar-refractivity contribution < 1.29 is 4.39 Å². The molecule has 0 spiro atoms. The number of rotatable bonds is 3. The highest BCUT2D eigenvalue weighted by Crippen LogP contribution is 2.34. The maximum atomic E-state index is 13.2. The van der Waals surface area contributed by atoms with Gasteiger partial charge in [-0.3, -0.25) is 0 Å². The van der Waals surface area contributed by atoms with Crippen molar-refractivity contribution in [1.82, 2.24) is 5.32 Å². The Morgan fingerprint density at radius 3 is 2.88 bits per heavy atom. The largest absolute Gasteiger partial charge is 0.315 e. The first kappa shape index (κ1) is 11.8. The van der Waals surface area contributed by atoms with Gasteiger partial charge in [-0.25, -0.2) is 4.39 Å². The molecule has 2 rings (SSSR count). The Balaban J connectivity index is 2.38. The van der Waals surface area contributed by atoms with Gasteiger partial charge in [-0.1, -0.05) is 15.9 Å². The number of benzene rings is 1. The van der Waals surface area contributed by atoms with Crippen LogP contribution in [-0.4, -0.2) is 7.05 Å². The Bertz CT molecular complexity index is 496. The van der Waals surface area contributed by atoms with Gasteiger partial charge in [-0.2, -0.15) is 0 Å². The van der Waals surface area contributed by atoms with E-state index in [0.29, 0.717) is 0 Å². The third-order valence-corrected chi connectivity index (χ3v) is 4.02. The van der Waals surface area contributed by atoms with Crippen molar-refractivity contribution in [3.05, 3.63) is 45.5 Å². The number of hydrogen-bond acceptors (Lipinski definition) is 2. The smallest absolute Gasteiger partial charge is 0.123 e. The van der Waals surface area contributed by atoms with Crippen LogP contribution >= 0.6 is 27.3 Å². The maximum Gasteiger partial charge on any atom is 0.123 e. The first-order chi connectivity index (χ1) is 7.70. The summed E-state index contributed by atoms with van der Waals surface area (Å²) in [6.07, 6.45) is 0. The second-order valence-electron chi connectivity index (χ2n) is 3.42. The summed E-state index contributed by atoms with van der Waals surface area (Å²) in [5.74, 6) is -0.207. The molecule has 0 aliphatic carbocycles. The molecule has 2 aromatic rings. The molecule has 1 heterocycles. The molecule has 0 aliphatic heterocycles. The van der Waals surface area contributed by atoms with Crippen LogP contribution in [-0.2, 0) is 6.54 Å². The molecule has 0 aliphatic rings. The summed E-state index contributed by atoms with van der Waals surface area (Å²) >= 11 is 5.11. The molecule has 0 bridgehead atoms. The van der Waals surface area contributed by atoms with Crippen LogP contribution < -0.4 is 5.32 Å². The predicted octanol–water partition coefficient (Wildman–Crippen LogP) is 4.04. The highest BCUT2D eigenvalue weighted by atomic mass is 79.9. The SMILES string of the molecule is CNCc1ccc(-c2cc(F)ccc2Br)s1. The third-order valence-electron chi connectivity index (χ3n) is 2.21. The average Bonchev–Trinajstić information content (AvgIpc) is 2.71. The lowest BCUT2D eigenvalue weighted by atomic mass is 10.2. The zero-order valence-corrected chi connectivity index (χ0v) is 11.2. The minimum absolute atomic E-state index is 0.207. The van der Waals surface area contributed by atoms with Gasteiger partial charge in [0, 0.05) is 26.3 Å². The minimum atomic E-state index is -0.207. The molecule has 1 N–H and O–H groups in total. The van der Waals surface area contributed by atoms with Crippen molar-refractivity contribution in [2.75, 3.05) is 7.05 Å². The molecule has 0 fully saturated rings. The molecule has 1 aromatic heterocycles. The quantitative estimate of drug-likeness (QED) is 0.902. The molecular weight excluding hydrogens is 289 g/mol. The van der Waals surface area contributed by atoms with Gasteiger partial charge in [-0.15, -0.1) is 11.3 Å². The highest BCUT2D eigenvalue weighted by molar-refractivity contribution is 9.10. The summed E-state index contributed by atoms with van der Waals surface area (Å²) in [7, 11) is 1.91. The standard InChI is InChI=1S/C12H11BrFNS/c1-15-7-9-3-5-12(16-9)10-6-8(14)2-4-11(10)13/h2-6,15H,7H2,1H3. The van der Waals surface area contributed by atoms with Crippen LogP contribution in [0, 0.1) is 5.82 Å². The van der Waals surface area contributed by atoms with Crippen molar-refractivity contribution >= 4 is 27.3 Å². The summed E-state index contributed by atoms with van der Waals surface area (Å²) in [4.78, 5) is 2.32. The first-order valence-corrected chi connectivity index (χ1v) is 6.50. The monoisotopic (exact) mass is 299 g/mol. The van der Waals surface area contributed by atoms with Crippen LogP contribution in [0.5, 0.6) is 0 Å². The number of hydrogen-bond donors (Lipinski definition) is 1. The summed E-state index contributed by atoms with van der Waals surface area (Å²) < 4.78 is 14.1. The molecule has 0 atom stereocenters. The molecule has 1 aromatic carbocycles. The van der Waals surface area contributed by atoms with Gasteiger partial charge in [0.25, 0.3) is 0 Å². The fraction of sp³-hybridized carbons (Fsp3) is 0.167. The van der Waals surface area contributed by atoms with E-state index in [9.17, 15) is 4.39 Å². The predicted molar refractivity (Wildman–Crippen MR) is 70.2 cm³/mol. The summed E-state index contributed by atoms with van der Waals surface area (Å²) in [5.41, 5.74) is 0.910. The number of nitrogens with one attached hydrogen (secondary N) is 1. The van der Waals surface area contributed by atoms with E-state index in [0.717, 1.165) is 21.5 Å². The van der Waals surface area contributed by atoms with Gasteiger partial charge in [-0.05, 0) is 37.4 Å². The van der Waals surface area contributed by atoms with E-state index >= 15 is 0 Å². The summed E-state index contributed by atoms with van der Waals surface area (Å²) in [5, 5.41) is 3.10. The van der Waals surface area contributed by atoms with Crippen LogP contribution in [0.3, 0.4) is 0 Å². The lowest BCUT2D eigenvalue weighted by molar-refractivity contribution is 0.628. The van der Waals surface area contributed by atoms with Gasteiger partial charge >= 0.3 is 0 Å². The zero-order chi connectivity index (χ0) is 11.5. The Morgan fingerprint density at radius 1 is 1.31 bits per heavy atom. The van der Waals surface area contributed by atoms with Gasteiger partial charge < -0.3 is 5.32 Å². The molecular formula is C12H11BrFNS. The van der Waals surface area contributed by atoms with Crippen molar-refractivity contribution in [2.24, 2.45) is 0 Å². The molecule has 1 nitrogen and oxygen atoms in total. The average molecular weight is 300 g/mol. The van der Waals surface area contributed by atoms with Gasteiger partial charge in [0.1, 0.15) is 5.82 Å². The first-order valence-electron chi connectivity index (χ1n) is 4.89. The molecule has 16 heavy (non-hydrogen) atoms. The molecule has 0 unspecified atom stereocenters. The van der Waals surface area contributed by atoms with Gasteiger partial charge in [0.05, 0.1) is 0 Å². The van der Waals surface area contributed by atoms with Crippen molar-refractivity contribution in [2.45, 2.75) is 6.54 Å². The van der Waals surface area contributed by atoms with E-state index in [1.54, 1.807) is 23.5 Å². The Hall–Kier alpha value is -0.710. The molecule has 0 saturated heterocycles. The topological polar surface area (TPSA) is 12.0 Å². The fourth-order valence-corrected chi connectivity index (χ4v) is 3.12. The van der Waals surface area contributed by atoms with Crippen LogP contribution in [0.25, 0.3) is 10.4 Å². The molecule has 0 radical (unpaired) electrons. The number of thiophene rings is 1. The molecule has 4 heteroatoms. The van der Waals surface area contributed by atoms with E-state index in [4.69, 9.17) is 0 Å². The van der Waals surface area contributed by atoms with Gasteiger partial charge in [0.2, 0.25) is 0 Å². The van der Waals surface area contributed by atoms with Gasteiger partial charge in [0.15, 0.2) is 0 Å². The minimum Gasteiger partial charge on any atom is -0.315 e. The van der Waals surface area contributed by atoms with Crippen LogP contribution in [0.1, 0.15) is 4.88 Å². The van der Waals surface area contributed by atoms with E-state index in [2.05, 4.69) is 27.3 Å². The van der Waals surface area contributed by atoms with Crippen LogP contribution in [0.4, 0.5) is 4.39 Å². The van der Waals surface area contributed by atoms with E-state index < -0.39 is 0 Å². The van der Waals surface area contributed by atoms with E-state index in [-0.39, 0.29) is 5.82 Å². The van der Waals surface area contributed by atoms with E-state index in [1.807, 2.05) is 13.1 Å². The van der Waals surface area contributed by atoms with Crippen molar-refractivity contribution in [1.29, 1.82) is 0 Å². The molecule has 0 saturated carbocycles. The molecule has 84 valence electrons. The zero-order valence-electron chi connectivity index (χ0n) is 8.76. The second kappa shape index (κ2) is 5.08. The Kier molecular flexibility index (Phi) is 3.74. The maximum absolute atomic E-state index is 13.2. The second-order valence-corrected chi connectivity index (χ2v) is 5.44. The van der Waals surface area contributed by atoms with Crippen LogP contribution in [0.15, 0.2) is 34.8 Å². The molecule has 0 amide bonds. The lowest BCUT2D eigenvalue weighted by Gasteiger charge is -2.01.